The van der Waals surface area contributed by atoms with Crippen molar-refractivity contribution in [2.45, 2.75) is 32.1 Å². The van der Waals surface area contributed by atoms with Crippen LogP contribution in [0.4, 0.5) is 0 Å². The van der Waals surface area contributed by atoms with Crippen LogP contribution in [0.5, 0.6) is 0 Å². The molecule has 6 nitrogen and oxygen atoms in total. The van der Waals surface area contributed by atoms with Gasteiger partial charge in [-0.1, -0.05) is 61.5 Å². The highest BCUT2D eigenvalue weighted by atomic mass is 16.7. The Kier molecular flexibility index (Phi) is 4.47. The van der Waals surface area contributed by atoms with Gasteiger partial charge in [0.05, 0.1) is 12.1 Å². The molecule has 0 aromatic heterocycles. The van der Waals surface area contributed by atoms with Crippen molar-refractivity contribution in [2.75, 3.05) is 13.2 Å². The Balaban J connectivity index is 1.87. The monoisotopic (exact) mass is 400 g/mol. The summed E-state index contributed by atoms with van der Waals surface area (Å²) in [5.74, 6) is -1.53. The predicted octanol–water partition coefficient (Wildman–Crippen LogP) is 3.74. The fraction of sp³-hybridized carbons (Fsp3) is 0.375. The van der Waals surface area contributed by atoms with Crippen molar-refractivity contribution < 1.29 is 9.47 Å². The third kappa shape index (κ3) is 2.00. The lowest BCUT2D eigenvalue weighted by Gasteiger charge is -2.34. The van der Waals surface area contributed by atoms with Crippen LogP contribution in [-0.4, -0.2) is 25.0 Å². The van der Waals surface area contributed by atoms with Crippen molar-refractivity contribution in [3.8, 4) is 23.3 Å². The van der Waals surface area contributed by atoms with Crippen molar-refractivity contribution >= 4 is 5.84 Å². The summed E-state index contributed by atoms with van der Waals surface area (Å²) in [5.41, 5.74) is 5.64. The van der Waals surface area contributed by atoms with Crippen molar-refractivity contribution in [3.05, 3.63) is 60.2 Å². The van der Waals surface area contributed by atoms with Crippen LogP contribution in [-0.2, 0) is 14.9 Å². The Hall–Kier alpha value is -3.19. The lowest BCUT2D eigenvalue weighted by Crippen LogP contribution is -2.46. The highest BCUT2D eigenvalue weighted by Gasteiger charge is 2.99. The molecule has 1 heterocycles. The molecule has 1 aliphatic heterocycles. The first kappa shape index (κ1) is 20.1. The highest BCUT2D eigenvalue weighted by Crippen LogP contribution is 2.85. The summed E-state index contributed by atoms with van der Waals surface area (Å²) in [7, 11) is 0. The van der Waals surface area contributed by atoms with Crippen molar-refractivity contribution in [3.63, 3.8) is 0 Å². The second-order valence-corrected chi connectivity index (χ2v) is 7.74. The summed E-state index contributed by atoms with van der Waals surface area (Å²) in [6.45, 7) is 6.03. The third-order valence-electron chi connectivity index (χ3n) is 6.71. The van der Waals surface area contributed by atoms with Gasteiger partial charge < -0.3 is 15.2 Å². The topological polar surface area (TPSA) is 104 Å². The average Bonchev–Trinajstić information content (AvgIpc) is 3.20. The second-order valence-electron chi connectivity index (χ2n) is 7.74. The van der Waals surface area contributed by atoms with E-state index in [2.05, 4.69) is 17.1 Å². The summed E-state index contributed by atoms with van der Waals surface area (Å²) >= 11 is 0. The molecule has 2 aromatic carbocycles. The van der Waals surface area contributed by atoms with E-state index >= 15 is 0 Å². The van der Waals surface area contributed by atoms with Gasteiger partial charge in [0.15, 0.2) is 10.8 Å². The van der Waals surface area contributed by atoms with E-state index in [1.165, 1.54) is 0 Å². The number of nitrogens with zero attached hydrogens (tertiary/aromatic N) is 3. The van der Waals surface area contributed by atoms with Gasteiger partial charge in [0.2, 0.25) is 0 Å². The molecule has 1 fully saturated rings. The zero-order chi connectivity index (χ0) is 21.6. The molecule has 30 heavy (non-hydrogen) atoms. The van der Waals surface area contributed by atoms with Crippen molar-refractivity contribution in [1.82, 2.24) is 0 Å². The molecule has 0 bridgehead atoms. The standard InChI is InChI=1S/C24H24N4O2/c1-4-29-24(30-5-2)23(16-26)21(3,22(23,15-25)20(27)28-24)19-13-11-18(12-14-19)17-9-7-6-8-10-17/h6-14H,4-5H2,1-3H3,(H2,27,28)/t21-,22-,23+/m0/s1. The van der Waals surface area contributed by atoms with Crippen LogP contribution in [0.1, 0.15) is 26.3 Å². The molecular formula is C24H24N4O2. The summed E-state index contributed by atoms with van der Waals surface area (Å²) in [6, 6.07) is 22.6. The normalized spacial score (nSPS) is 30.6. The summed E-state index contributed by atoms with van der Waals surface area (Å²) < 4.78 is 11.8. The summed E-state index contributed by atoms with van der Waals surface area (Å²) in [6.07, 6.45) is 0. The molecule has 0 unspecified atom stereocenters. The van der Waals surface area contributed by atoms with Crippen LogP contribution in [0.3, 0.4) is 0 Å². The first-order chi connectivity index (χ1) is 14.4. The van der Waals surface area contributed by atoms with E-state index in [4.69, 9.17) is 15.2 Å². The first-order valence-electron chi connectivity index (χ1n) is 10.1. The largest absolute Gasteiger partial charge is 0.386 e. The van der Waals surface area contributed by atoms with Crippen LogP contribution in [0.2, 0.25) is 0 Å². The molecule has 0 spiro atoms. The van der Waals surface area contributed by atoms with E-state index in [1.807, 2.05) is 61.5 Å². The maximum atomic E-state index is 10.4. The number of rotatable bonds is 6. The Labute approximate surface area is 176 Å². The van der Waals surface area contributed by atoms with E-state index in [0.29, 0.717) is 0 Å². The lowest BCUT2D eigenvalue weighted by molar-refractivity contribution is -0.257. The molecule has 0 saturated heterocycles. The van der Waals surface area contributed by atoms with Crippen molar-refractivity contribution in [2.24, 2.45) is 21.6 Å². The number of nitrogens with two attached hydrogens (primary N) is 1. The van der Waals surface area contributed by atoms with Gasteiger partial charge in [-0.15, -0.1) is 0 Å². The molecule has 2 N–H and O–H groups in total. The molecule has 2 aromatic rings. The van der Waals surface area contributed by atoms with Gasteiger partial charge in [-0.3, -0.25) is 0 Å². The maximum absolute atomic E-state index is 10.4. The zero-order valence-corrected chi connectivity index (χ0v) is 17.3. The Morgan fingerprint density at radius 1 is 0.900 bits per heavy atom. The first-order valence-corrected chi connectivity index (χ1v) is 10.1. The molecule has 1 aliphatic carbocycles. The zero-order valence-electron chi connectivity index (χ0n) is 17.3. The van der Waals surface area contributed by atoms with Gasteiger partial charge in [0.1, 0.15) is 5.84 Å². The fourth-order valence-electron chi connectivity index (χ4n) is 5.34. The van der Waals surface area contributed by atoms with Gasteiger partial charge in [-0.05, 0) is 30.5 Å². The van der Waals surface area contributed by atoms with Crippen LogP contribution in [0.25, 0.3) is 11.1 Å². The molecule has 6 heteroatoms. The van der Waals surface area contributed by atoms with E-state index in [0.717, 1.165) is 16.7 Å². The van der Waals surface area contributed by atoms with E-state index in [1.54, 1.807) is 13.8 Å². The van der Waals surface area contributed by atoms with E-state index in [9.17, 15) is 10.5 Å². The maximum Gasteiger partial charge on any atom is 0.293 e. The molecule has 152 valence electrons. The molecule has 0 radical (unpaired) electrons. The average molecular weight is 400 g/mol. The smallest absolute Gasteiger partial charge is 0.293 e. The van der Waals surface area contributed by atoms with Gasteiger partial charge >= 0.3 is 0 Å². The Bertz CT molecular complexity index is 1080. The van der Waals surface area contributed by atoms with Crippen LogP contribution in [0, 0.1) is 33.5 Å². The number of fused-ring (bicyclic) bond motifs is 1. The number of hydrogen-bond donors (Lipinski definition) is 1. The number of amidine groups is 1. The SMILES string of the molecule is CCOC1(OCC)N=C(N)[C@@]2(C#N)[C@](C)(c3ccc(-c4ccccc4)cc3)[C@@]12C#N. The van der Waals surface area contributed by atoms with Crippen molar-refractivity contribution in [1.29, 1.82) is 10.5 Å². The van der Waals surface area contributed by atoms with Crippen LogP contribution in [0.15, 0.2) is 59.6 Å². The minimum Gasteiger partial charge on any atom is -0.386 e. The highest BCUT2D eigenvalue weighted by molar-refractivity contribution is 6.02. The van der Waals surface area contributed by atoms with Gasteiger partial charge in [0.25, 0.3) is 5.91 Å². The van der Waals surface area contributed by atoms with E-state index in [-0.39, 0.29) is 19.0 Å². The molecule has 1 saturated carbocycles. The second kappa shape index (κ2) is 6.67. The lowest BCUT2D eigenvalue weighted by atomic mass is 9.84. The number of hydrogen-bond acceptors (Lipinski definition) is 6. The third-order valence-corrected chi connectivity index (χ3v) is 6.71. The minimum atomic E-state index is -1.61. The minimum absolute atomic E-state index is 0.0862. The number of benzene rings is 2. The quantitative estimate of drug-likeness (QED) is 0.744. The summed E-state index contributed by atoms with van der Waals surface area (Å²) in [5, 5.41) is 20.7. The predicted molar refractivity (Wildman–Crippen MR) is 113 cm³/mol. The molecule has 0 amide bonds. The number of ether oxygens (including phenoxy) is 2. The summed E-state index contributed by atoms with van der Waals surface area (Å²) in [4.78, 5) is 4.41. The number of nitriles is 2. The van der Waals surface area contributed by atoms with Crippen LogP contribution < -0.4 is 5.73 Å². The Morgan fingerprint density at radius 2 is 1.47 bits per heavy atom. The molecule has 3 atom stereocenters. The molecule has 2 aliphatic rings. The Morgan fingerprint density at radius 3 is 1.97 bits per heavy atom. The molecule has 4 rings (SSSR count). The van der Waals surface area contributed by atoms with E-state index < -0.39 is 22.2 Å². The van der Waals surface area contributed by atoms with Gasteiger partial charge in [-0.25, -0.2) is 4.99 Å². The van der Waals surface area contributed by atoms with Crippen LogP contribution >= 0.6 is 0 Å². The van der Waals surface area contributed by atoms with Gasteiger partial charge in [-0.2, -0.15) is 10.5 Å². The fourth-order valence-corrected chi connectivity index (χ4v) is 5.34. The van der Waals surface area contributed by atoms with Gasteiger partial charge in [0, 0.05) is 18.6 Å². The number of aliphatic imine (C=N–C) groups is 1. The molecular weight excluding hydrogens is 376 g/mol.